The lowest BCUT2D eigenvalue weighted by atomic mass is 9.51. The van der Waals surface area contributed by atoms with Crippen molar-refractivity contribution in [3.05, 3.63) is 17.2 Å². The molecule has 6 atom stereocenters. The molecule has 2 aliphatic heterocycles. The van der Waals surface area contributed by atoms with Gasteiger partial charge in [0.1, 0.15) is 17.5 Å². The lowest BCUT2D eigenvalue weighted by molar-refractivity contribution is -0.0587. The molecule has 2 bridgehead atoms. The van der Waals surface area contributed by atoms with Crippen LogP contribution in [0.2, 0.25) is 0 Å². The molecule has 0 unspecified atom stereocenters. The molecule has 2 N–H and O–H groups in total. The minimum absolute atomic E-state index is 0.00209. The Morgan fingerprint density at radius 3 is 2.82 bits per heavy atom. The van der Waals surface area contributed by atoms with Gasteiger partial charge in [0.2, 0.25) is 0 Å². The number of hydrogen-bond acceptors (Lipinski definition) is 7. The number of rotatable bonds is 6. The van der Waals surface area contributed by atoms with Crippen LogP contribution in [-0.4, -0.2) is 65.6 Å². The minimum Gasteiger partial charge on any atom is -0.504 e. The van der Waals surface area contributed by atoms with E-state index in [0.717, 1.165) is 50.8 Å². The first-order chi connectivity index (χ1) is 16.1. The zero-order valence-electron chi connectivity index (χ0n) is 21.4. The molecular weight excluding hydrogens is 448 g/mol. The second kappa shape index (κ2) is 8.52. The monoisotopic (exact) mass is 488 g/mol. The molecule has 1 aromatic carbocycles. The zero-order valence-corrected chi connectivity index (χ0v) is 22.3. The van der Waals surface area contributed by atoms with Crippen LogP contribution in [0.4, 0.5) is 0 Å². The highest BCUT2D eigenvalue weighted by molar-refractivity contribution is 7.80. The smallest absolute Gasteiger partial charge is 0.177 e. The van der Waals surface area contributed by atoms with E-state index in [1.54, 1.807) is 13.2 Å². The number of nitrogens with one attached hydrogen (secondary N) is 1. The molecule has 0 radical (unpaired) electrons. The van der Waals surface area contributed by atoms with Gasteiger partial charge in [0, 0.05) is 34.7 Å². The van der Waals surface area contributed by atoms with E-state index >= 15 is 0 Å². The van der Waals surface area contributed by atoms with E-state index < -0.39 is 0 Å². The van der Waals surface area contributed by atoms with E-state index in [2.05, 4.69) is 24.2 Å². The summed E-state index contributed by atoms with van der Waals surface area (Å²) in [5.41, 5.74) is 2.02. The standard InChI is InChI=1S/C27H40N2O4S/c1-7-8-18(25(34)33-26(2,3)4)28-17-10-9-16-19-13-15-21(31-6)14-20(30)23-22(15)27(16,24(17)32-23)11-12-29(19)5/h14,16-19,24,28,30H,7-13H2,1-6H3/t16-,17+,18-,19+,24-,27-/m0/s1. The third kappa shape index (κ3) is 3.61. The van der Waals surface area contributed by atoms with Crippen LogP contribution in [0, 0.1) is 5.92 Å². The van der Waals surface area contributed by atoms with Gasteiger partial charge >= 0.3 is 0 Å². The molecule has 1 aromatic rings. The Morgan fingerprint density at radius 2 is 2.15 bits per heavy atom. The number of likely N-dealkylation sites (tertiary alicyclic amines) is 1. The maximum Gasteiger partial charge on any atom is 0.177 e. The van der Waals surface area contributed by atoms with Crippen molar-refractivity contribution in [2.75, 3.05) is 20.7 Å². The van der Waals surface area contributed by atoms with Gasteiger partial charge in [-0.25, -0.2) is 0 Å². The number of phenols is 1. The van der Waals surface area contributed by atoms with E-state index in [1.807, 2.05) is 20.8 Å². The van der Waals surface area contributed by atoms with Crippen molar-refractivity contribution in [3.8, 4) is 17.2 Å². The molecule has 2 fully saturated rings. The third-order valence-corrected chi connectivity index (χ3v) is 8.95. The fraction of sp³-hybridized carbons (Fsp3) is 0.741. The number of ether oxygens (including phenoxy) is 3. The van der Waals surface area contributed by atoms with Crippen molar-refractivity contribution in [2.45, 2.75) is 101 Å². The number of aromatic hydroxyl groups is 1. The van der Waals surface area contributed by atoms with Gasteiger partial charge in [-0.1, -0.05) is 13.3 Å². The van der Waals surface area contributed by atoms with Gasteiger partial charge in [-0.05, 0) is 84.6 Å². The van der Waals surface area contributed by atoms with Crippen LogP contribution in [0.1, 0.15) is 70.9 Å². The normalized spacial score (nSPS) is 32.5. The molecule has 6 nitrogen and oxygen atoms in total. The summed E-state index contributed by atoms with van der Waals surface area (Å²) in [6.07, 6.45) is 6.05. The van der Waals surface area contributed by atoms with Gasteiger partial charge in [0.15, 0.2) is 16.5 Å². The number of benzene rings is 1. The molecule has 0 aromatic heterocycles. The summed E-state index contributed by atoms with van der Waals surface area (Å²) in [5, 5.41) is 15.5. The average molecular weight is 489 g/mol. The SMILES string of the molecule is CCC[C@H](N[C@@H]1CC[C@H]2[C@H]3Cc4c(OC)cc(O)c5c4[C@@]2(CCN3C)[C@H]1O5)C(=S)OC(C)(C)C. The molecule has 5 rings (SSSR count). The summed E-state index contributed by atoms with van der Waals surface area (Å²) < 4.78 is 18.6. The Hall–Kier alpha value is -1.57. The number of likely N-dealkylation sites (N-methyl/N-ethyl adjacent to an activating group) is 1. The van der Waals surface area contributed by atoms with E-state index in [4.69, 9.17) is 26.4 Å². The van der Waals surface area contributed by atoms with Gasteiger partial charge in [-0.2, -0.15) is 0 Å². The summed E-state index contributed by atoms with van der Waals surface area (Å²) in [7, 11) is 3.95. The van der Waals surface area contributed by atoms with Gasteiger partial charge < -0.3 is 29.5 Å². The summed E-state index contributed by atoms with van der Waals surface area (Å²) in [4.78, 5) is 2.53. The predicted molar refractivity (Wildman–Crippen MR) is 137 cm³/mol. The molecule has 1 saturated heterocycles. The van der Waals surface area contributed by atoms with E-state index in [0.29, 0.717) is 22.8 Å². The van der Waals surface area contributed by atoms with Crippen LogP contribution in [0.5, 0.6) is 17.2 Å². The van der Waals surface area contributed by atoms with Crippen LogP contribution in [0.15, 0.2) is 6.07 Å². The molecular formula is C27H40N2O4S. The summed E-state index contributed by atoms with van der Waals surface area (Å²) in [5.74, 6) is 2.18. The maximum absolute atomic E-state index is 11.0. The van der Waals surface area contributed by atoms with Crippen molar-refractivity contribution >= 4 is 17.3 Å². The number of phenolic OH excluding ortho intramolecular Hbond substituents is 1. The van der Waals surface area contributed by atoms with Gasteiger partial charge in [-0.3, -0.25) is 0 Å². The molecule has 188 valence electrons. The summed E-state index contributed by atoms with van der Waals surface area (Å²) in [6, 6.07) is 2.35. The Morgan fingerprint density at radius 1 is 1.38 bits per heavy atom. The lowest BCUT2D eigenvalue weighted by Crippen LogP contribution is -2.68. The highest BCUT2D eigenvalue weighted by atomic mass is 32.1. The molecule has 7 heteroatoms. The maximum atomic E-state index is 11.0. The van der Waals surface area contributed by atoms with Gasteiger partial charge in [0.05, 0.1) is 13.2 Å². The van der Waals surface area contributed by atoms with Crippen molar-refractivity contribution in [2.24, 2.45) is 5.92 Å². The number of thiocarbonyl (C=S) groups is 1. The molecule has 2 aliphatic carbocycles. The molecule has 1 spiro atoms. The van der Waals surface area contributed by atoms with Crippen LogP contribution < -0.4 is 14.8 Å². The Balaban J connectivity index is 1.53. The first-order valence-corrected chi connectivity index (χ1v) is 13.3. The minimum atomic E-state index is -0.316. The third-order valence-electron chi connectivity index (χ3n) is 8.59. The van der Waals surface area contributed by atoms with Crippen molar-refractivity contribution in [3.63, 3.8) is 0 Å². The van der Waals surface area contributed by atoms with Crippen LogP contribution >= 0.6 is 12.2 Å². The molecule has 2 heterocycles. The Labute approximate surface area is 209 Å². The second-order valence-electron chi connectivity index (χ2n) is 11.7. The Bertz CT molecular complexity index is 976. The van der Waals surface area contributed by atoms with Crippen LogP contribution in [0.25, 0.3) is 0 Å². The molecule has 34 heavy (non-hydrogen) atoms. The van der Waals surface area contributed by atoms with E-state index in [-0.39, 0.29) is 35.0 Å². The first-order valence-electron chi connectivity index (χ1n) is 12.9. The van der Waals surface area contributed by atoms with Crippen molar-refractivity contribution in [1.82, 2.24) is 10.2 Å². The zero-order chi connectivity index (χ0) is 24.4. The number of methoxy groups -OCH3 is 1. The van der Waals surface area contributed by atoms with E-state index in [1.165, 1.54) is 11.1 Å². The van der Waals surface area contributed by atoms with Crippen LogP contribution in [-0.2, 0) is 16.6 Å². The molecule has 0 amide bonds. The predicted octanol–water partition coefficient (Wildman–Crippen LogP) is 4.34. The van der Waals surface area contributed by atoms with Crippen LogP contribution in [0.3, 0.4) is 0 Å². The number of nitrogens with zero attached hydrogens (tertiary/aromatic N) is 1. The Kier molecular flexibility index (Phi) is 6.05. The summed E-state index contributed by atoms with van der Waals surface area (Å²) >= 11 is 5.77. The topological polar surface area (TPSA) is 63.2 Å². The fourth-order valence-electron chi connectivity index (χ4n) is 7.33. The van der Waals surface area contributed by atoms with Gasteiger partial charge in [0.25, 0.3) is 0 Å². The van der Waals surface area contributed by atoms with Crippen molar-refractivity contribution < 1.29 is 19.3 Å². The average Bonchev–Trinajstić information content (AvgIpc) is 3.12. The fourth-order valence-corrected chi connectivity index (χ4v) is 7.77. The number of hydrogen-bond donors (Lipinski definition) is 2. The first kappa shape index (κ1) is 24.1. The lowest BCUT2D eigenvalue weighted by Gasteiger charge is -2.59. The van der Waals surface area contributed by atoms with Gasteiger partial charge in [-0.15, -0.1) is 0 Å². The molecule has 1 saturated carbocycles. The number of piperidine rings is 1. The molecule has 4 aliphatic rings. The van der Waals surface area contributed by atoms with E-state index in [9.17, 15) is 5.11 Å². The largest absolute Gasteiger partial charge is 0.504 e. The second-order valence-corrected chi connectivity index (χ2v) is 12.1. The highest BCUT2D eigenvalue weighted by Gasteiger charge is 2.66. The van der Waals surface area contributed by atoms with Crippen molar-refractivity contribution in [1.29, 1.82) is 0 Å². The quantitative estimate of drug-likeness (QED) is 0.578. The highest BCUT2D eigenvalue weighted by Crippen LogP contribution is 2.65. The summed E-state index contributed by atoms with van der Waals surface area (Å²) in [6.45, 7) is 9.35.